The van der Waals surface area contributed by atoms with E-state index < -0.39 is 17.7 Å². The highest BCUT2D eigenvalue weighted by molar-refractivity contribution is 6.46. The van der Waals surface area contributed by atoms with E-state index >= 15 is 0 Å². The van der Waals surface area contributed by atoms with Gasteiger partial charge in [-0.05, 0) is 63.3 Å². The highest BCUT2D eigenvalue weighted by Crippen LogP contribution is 2.42. The number of hydrogen-bond donors (Lipinski definition) is 1. The highest BCUT2D eigenvalue weighted by Gasteiger charge is 2.46. The predicted octanol–water partition coefficient (Wildman–Crippen LogP) is 4.60. The van der Waals surface area contributed by atoms with Crippen LogP contribution < -0.4 is 9.47 Å². The Balaban J connectivity index is 1.61. The monoisotopic (exact) mass is 554 g/mol. The molecule has 1 fully saturated rings. The first-order valence-corrected chi connectivity index (χ1v) is 13.6. The van der Waals surface area contributed by atoms with Gasteiger partial charge in [0, 0.05) is 19.3 Å². The molecule has 1 saturated heterocycles. The van der Waals surface area contributed by atoms with Crippen molar-refractivity contribution >= 4 is 23.1 Å². The third-order valence-electron chi connectivity index (χ3n) is 7.08. The normalized spacial score (nSPS) is 16.6. The van der Waals surface area contributed by atoms with Crippen molar-refractivity contribution in [3.63, 3.8) is 0 Å². The lowest BCUT2D eigenvalue weighted by atomic mass is 9.96. The molecule has 0 saturated carbocycles. The van der Waals surface area contributed by atoms with Crippen LogP contribution in [0.3, 0.4) is 0 Å². The number of aliphatic hydroxyl groups excluding tert-OH is 1. The van der Waals surface area contributed by atoms with E-state index in [1.54, 1.807) is 29.7 Å². The van der Waals surface area contributed by atoms with Crippen LogP contribution in [-0.4, -0.2) is 69.8 Å². The van der Waals surface area contributed by atoms with Crippen molar-refractivity contribution in [1.82, 2.24) is 19.2 Å². The Hall–Kier alpha value is -4.63. The Morgan fingerprint density at radius 1 is 1.00 bits per heavy atom. The topological polar surface area (TPSA) is 96.6 Å². The highest BCUT2D eigenvalue weighted by atomic mass is 16.5. The number of likely N-dealkylation sites (tertiary alicyclic amines) is 1. The van der Waals surface area contributed by atoms with Gasteiger partial charge >= 0.3 is 0 Å². The second-order valence-corrected chi connectivity index (χ2v) is 10.2. The minimum Gasteiger partial charge on any atom is -0.505 e. The number of Topliss-reactive ketones (excluding diaryl/α,β-unsaturated/α-hetero) is 1. The summed E-state index contributed by atoms with van der Waals surface area (Å²) in [5.74, 6) is -0.627. The molecule has 212 valence electrons. The summed E-state index contributed by atoms with van der Waals surface area (Å²) in [7, 11) is 3.80. The molecule has 41 heavy (non-hydrogen) atoms. The molecule has 9 nitrogen and oxygen atoms in total. The van der Waals surface area contributed by atoms with E-state index in [0.717, 1.165) is 5.56 Å². The van der Waals surface area contributed by atoms with Gasteiger partial charge in [-0.1, -0.05) is 42.5 Å². The van der Waals surface area contributed by atoms with Gasteiger partial charge in [-0.15, -0.1) is 0 Å². The lowest BCUT2D eigenvalue weighted by Gasteiger charge is -2.27. The standard InChI is InChI=1S/C32H34N4O5/c1-5-40-25-19-23(14-15-24(25)41-20-22-11-7-6-8-12-22)29-27(31(38)32(39)36(29)18-17-34(3)4)30(37)28-21(2)33-26-13-9-10-16-35(26)28/h6-16,19,29,37H,5,17-18,20H2,1-4H3. The molecule has 1 amide bonds. The van der Waals surface area contributed by atoms with Gasteiger partial charge in [-0.3, -0.25) is 14.0 Å². The molecule has 1 N–H and O–H groups in total. The van der Waals surface area contributed by atoms with Crippen LogP contribution in [0.15, 0.2) is 78.5 Å². The quantitative estimate of drug-likeness (QED) is 0.174. The predicted molar refractivity (Wildman–Crippen MR) is 156 cm³/mol. The molecular formula is C32H34N4O5. The van der Waals surface area contributed by atoms with Crippen molar-refractivity contribution in [1.29, 1.82) is 0 Å². The summed E-state index contributed by atoms with van der Waals surface area (Å²) in [5.41, 5.74) is 3.22. The summed E-state index contributed by atoms with van der Waals surface area (Å²) in [6.07, 6.45) is 1.77. The summed E-state index contributed by atoms with van der Waals surface area (Å²) in [4.78, 5) is 35.0. The number of aliphatic hydroxyl groups is 1. The number of hydrogen-bond acceptors (Lipinski definition) is 7. The van der Waals surface area contributed by atoms with Gasteiger partial charge in [0.15, 0.2) is 17.3 Å². The number of carbonyl (C=O) groups is 2. The number of ether oxygens (including phenoxy) is 2. The van der Waals surface area contributed by atoms with Gasteiger partial charge in [-0.2, -0.15) is 0 Å². The zero-order valence-corrected chi connectivity index (χ0v) is 23.7. The Morgan fingerprint density at radius 3 is 2.49 bits per heavy atom. The van der Waals surface area contributed by atoms with Crippen LogP contribution in [0.2, 0.25) is 0 Å². The second-order valence-electron chi connectivity index (χ2n) is 10.2. The number of ketones is 1. The van der Waals surface area contributed by atoms with Crippen molar-refractivity contribution in [3.8, 4) is 11.5 Å². The number of carbonyl (C=O) groups excluding carboxylic acids is 2. The summed E-state index contributed by atoms with van der Waals surface area (Å²) < 4.78 is 13.8. The minimum atomic E-state index is -0.828. The number of likely N-dealkylation sites (N-methyl/N-ethyl adjacent to an activating group) is 1. The van der Waals surface area contributed by atoms with E-state index in [-0.39, 0.29) is 11.3 Å². The van der Waals surface area contributed by atoms with E-state index in [0.29, 0.717) is 60.4 Å². The van der Waals surface area contributed by atoms with E-state index in [1.165, 1.54) is 4.90 Å². The largest absolute Gasteiger partial charge is 0.505 e. The first kappa shape index (κ1) is 27.9. The zero-order chi connectivity index (χ0) is 29.1. The fourth-order valence-electron chi connectivity index (χ4n) is 5.11. The summed E-state index contributed by atoms with van der Waals surface area (Å²) in [5, 5.41) is 11.7. The van der Waals surface area contributed by atoms with Crippen LogP contribution in [0.5, 0.6) is 11.5 Å². The number of fused-ring (bicyclic) bond motifs is 1. The van der Waals surface area contributed by atoms with Crippen molar-refractivity contribution in [3.05, 3.63) is 101 Å². The number of imidazole rings is 1. The molecule has 2 aromatic heterocycles. The van der Waals surface area contributed by atoms with E-state index in [1.807, 2.05) is 80.5 Å². The lowest BCUT2D eigenvalue weighted by molar-refractivity contribution is -0.140. The first-order valence-electron chi connectivity index (χ1n) is 13.6. The average Bonchev–Trinajstić information content (AvgIpc) is 3.43. The molecule has 1 unspecified atom stereocenters. The number of benzene rings is 2. The second kappa shape index (κ2) is 11.9. The van der Waals surface area contributed by atoms with Gasteiger partial charge in [0.05, 0.1) is 23.9 Å². The molecule has 1 atom stereocenters. The third-order valence-corrected chi connectivity index (χ3v) is 7.08. The fraction of sp³-hybridized carbons (Fsp3) is 0.281. The maximum Gasteiger partial charge on any atom is 0.295 e. The number of rotatable bonds is 10. The number of aryl methyl sites for hydroxylation is 1. The van der Waals surface area contributed by atoms with Gasteiger partial charge in [-0.25, -0.2) is 4.98 Å². The number of pyridine rings is 1. The smallest absolute Gasteiger partial charge is 0.295 e. The molecule has 3 heterocycles. The Bertz CT molecular complexity index is 1610. The summed E-state index contributed by atoms with van der Waals surface area (Å²) >= 11 is 0. The molecular weight excluding hydrogens is 520 g/mol. The SMILES string of the molecule is CCOc1cc(C2C(=C(O)c3c(C)nc4ccccn34)C(=O)C(=O)N2CCN(C)C)ccc1OCc1ccccc1. The molecule has 9 heteroatoms. The Kier molecular flexibility index (Phi) is 8.07. The van der Waals surface area contributed by atoms with Gasteiger partial charge in [0.25, 0.3) is 11.7 Å². The maximum atomic E-state index is 13.6. The number of aromatic nitrogens is 2. The van der Waals surface area contributed by atoms with Crippen LogP contribution in [0.4, 0.5) is 0 Å². The van der Waals surface area contributed by atoms with Crippen LogP contribution in [0, 0.1) is 6.92 Å². The molecule has 2 aromatic carbocycles. The average molecular weight is 555 g/mol. The van der Waals surface area contributed by atoms with Crippen molar-refractivity contribution in [2.45, 2.75) is 26.5 Å². The van der Waals surface area contributed by atoms with E-state index in [9.17, 15) is 14.7 Å². The fourth-order valence-corrected chi connectivity index (χ4v) is 5.11. The van der Waals surface area contributed by atoms with Crippen LogP contribution in [-0.2, 0) is 16.2 Å². The third kappa shape index (κ3) is 5.53. The van der Waals surface area contributed by atoms with E-state index in [4.69, 9.17) is 9.47 Å². The van der Waals surface area contributed by atoms with Crippen molar-refractivity contribution in [2.75, 3.05) is 33.8 Å². The first-order chi connectivity index (χ1) is 19.8. The van der Waals surface area contributed by atoms with Crippen LogP contribution in [0.1, 0.15) is 35.5 Å². The number of amides is 1. The van der Waals surface area contributed by atoms with Crippen molar-refractivity contribution in [2.24, 2.45) is 0 Å². The molecule has 0 bridgehead atoms. The van der Waals surface area contributed by atoms with Crippen LogP contribution >= 0.6 is 0 Å². The molecule has 1 aliphatic rings. The van der Waals surface area contributed by atoms with Crippen molar-refractivity contribution < 1.29 is 24.2 Å². The van der Waals surface area contributed by atoms with Gasteiger partial charge in [0.2, 0.25) is 0 Å². The summed E-state index contributed by atoms with van der Waals surface area (Å²) in [6.45, 7) is 5.23. The molecule has 0 radical (unpaired) electrons. The molecule has 4 aromatic rings. The molecule has 0 aliphatic carbocycles. The minimum absolute atomic E-state index is 0.0166. The molecule has 0 spiro atoms. The van der Waals surface area contributed by atoms with Crippen LogP contribution in [0.25, 0.3) is 11.4 Å². The van der Waals surface area contributed by atoms with Gasteiger partial charge in [0.1, 0.15) is 17.9 Å². The van der Waals surface area contributed by atoms with E-state index in [2.05, 4.69) is 4.98 Å². The molecule has 1 aliphatic heterocycles. The number of nitrogens with zero attached hydrogens (tertiary/aromatic N) is 4. The zero-order valence-electron chi connectivity index (χ0n) is 23.7. The van der Waals surface area contributed by atoms with Gasteiger partial charge < -0.3 is 24.4 Å². The lowest BCUT2D eigenvalue weighted by Crippen LogP contribution is -2.35. The molecule has 5 rings (SSSR count). The Morgan fingerprint density at radius 2 is 1.76 bits per heavy atom. The Labute approximate surface area is 239 Å². The summed E-state index contributed by atoms with van der Waals surface area (Å²) in [6, 6.07) is 19.9. The maximum absolute atomic E-state index is 13.6.